The Hall–Kier alpha value is -0.660. The third-order valence-corrected chi connectivity index (χ3v) is 5.84. The molecule has 0 spiro atoms. The minimum Gasteiger partial charge on any atom is -0.458 e. The molecule has 0 aromatic carbocycles. The third kappa shape index (κ3) is 5.56. The topological polar surface area (TPSA) is 72.9 Å². The van der Waals surface area contributed by atoms with Crippen LogP contribution >= 0.6 is 0 Å². The number of ether oxygens (including phenoxy) is 2. The molecule has 21 heavy (non-hydrogen) atoms. The van der Waals surface area contributed by atoms with E-state index in [4.69, 9.17) is 9.47 Å². The van der Waals surface area contributed by atoms with Gasteiger partial charge in [0.2, 0.25) is 0 Å². The van der Waals surface area contributed by atoms with Crippen LogP contribution in [0.1, 0.15) is 32.6 Å². The molecule has 0 atom stereocenters. The predicted octanol–water partition coefficient (Wildman–Crippen LogP) is 0.609. The Balaban J connectivity index is 1.56. The molecule has 2 rings (SSSR count). The summed E-state index contributed by atoms with van der Waals surface area (Å²) in [5, 5.41) is 0. The van der Waals surface area contributed by atoms with Crippen LogP contribution in [0, 0.1) is 0 Å². The van der Waals surface area contributed by atoms with Crippen molar-refractivity contribution in [1.82, 2.24) is 4.90 Å². The number of carbonyl (C=O) groups is 1. The Bertz CT molecular complexity index is 442. The molecule has 0 unspecified atom stereocenters. The van der Waals surface area contributed by atoms with E-state index in [0.29, 0.717) is 26.2 Å². The van der Waals surface area contributed by atoms with Crippen molar-refractivity contribution in [2.45, 2.75) is 38.2 Å². The van der Waals surface area contributed by atoms with E-state index in [0.717, 1.165) is 25.7 Å². The zero-order chi connectivity index (χ0) is 15.3. The van der Waals surface area contributed by atoms with Crippen LogP contribution in [0.5, 0.6) is 0 Å². The zero-order valence-corrected chi connectivity index (χ0v) is 13.5. The van der Waals surface area contributed by atoms with Crippen molar-refractivity contribution in [3.63, 3.8) is 0 Å². The molecule has 122 valence electrons. The number of hydrogen-bond acceptors (Lipinski definition) is 6. The first-order chi connectivity index (χ1) is 9.89. The molecule has 1 saturated carbocycles. The molecule has 0 amide bonds. The maximum Gasteiger partial charge on any atom is 0.332 e. The summed E-state index contributed by atoms with van der Waals surface area (Å²) in [5.41, 5.74) is -0.304. The van der Waals surface area contributed by atoms with Crippen molar-refractivity contribution < 1.29 is 22.7 Å². The molecule has 0 aromatic heterocycles. The van der Waals surface area contributed by atoms with Crippen LogP contribution in [0.15, 0.2) is 0 Å². The molecule has 2 fully saturated rings. The van der Waals surface area contributed by atoms with E-state index in [1.807, 2.05) is 11.8 Å². The summed E-state index contributed by atoms with van der Waals surface area (Å²) in [6.45, 7) is 4.13. The van der Waals surface area contributed by atoms with Gasteiger partial charge in [0.15, 0.2) is 9.84 Å². The van der Waals surface area contributed by atoms with E-state index in [2.05, 4.69) is 0 Å². The fourth-order valence-corrected chi connectivity index (χ4v) is 4.13. The molecule has 1 heterocycles. The van der Waals surface area contributed by atoms with Crippen molar-refractivity contribution in [1.29, 1.82) is 0 Å². The molecular formula is C14H25NO5S. The van der Waals surface area contributed by atoms with Crippen molar-refractivity contribution in [2.75, 3.05) is 44.4 Å². The standard InChI is InChI=1S/C14H25NO5S/c1-14(4-2-3-5-14)20-13(16)12-19-9-6-15-7-10-21(17,18)11-8-15/h2-12H2,1H3. The molecule has 0 aromatic rings. The predicted molar refractivity (Wildman–Crippen MR) is 78.9 cm³/mol. The lowest BCUT2D eigenvalue weighted by Crippen LogP contribution is -2.42. The number of esters is 1. The minimum atomic E-state index is -2.84. The second-order valence-corrected chi connectivity index (χ2v) is 8.48. The molecule has 6 nitrogen and oxygen atoms in total. The molecular weight excluding hydrogens is 294 g/mol. The fourth-order valence-electron chi connectivity index (χ4n) is 2.85. The fraction of sp³-hybridized carbons (Fsp3) is 0.929. The number of sulfone groups is 1. The largest absolute Gasteiger partial charge is 0.458 e. The molecule has 0 bridgehead atoms. The summed E-state index contributed by atoms with van der Waals surface area (Å²) in [6.07, 6.45) is 4.09. The quantitative estimate of drug-likeness (QED) is 0.527. The number of hydrogen-bond donors (Lipinski definition) is 0. The van der Waals surface area contributed by atoms with Crippen molar-refractivity contribution >= 4 is 15.8 Å². The highest BCUT2D eigenvalue weighted by Gasteiger charge is 2.32. The van der Waals surface area contributed by atoms with E-state index < -0.39 is 9.84 Å². The SMILES string of the molecule is CC1(OC(=O)COCCN2CCS(=O)(=O)CC2)CCCC1. The number of nitrogens with zero attached hydrogens (tertiary/aromatic N) is 1. The van der Waals surface area contributed by atoms with Crippen LogP contribution in [0.2, 0.25) is 0 Å². The third-order valence-electron chi connectivity index (χ3n) is 4.23. The van der Waals surface area contributed by atoms with Gasteiger partial charge in [-0.3, -0.25) is 4.90 Å². The number of rotatable bonds is 6. The minimum absolute atomic E-state index is 0.0261. The van der Waals surface area contributed by atoms with Gasteiger partial charge in [0, 0.05) is 19.6 Å². The number of carbonyl (C=O) groups excluding carboxylic acids is 1. The van der Waals surface area contributed by atoms with Gasteiger partial charge in [-0.15, -0.1) is 0 Å². The van der Waals surface area contributed by atoms with E-state index in [1.165, 1.54) is 0 Å². The van der Waals surface area contributed by atoms with Gasteiger partial charge in [-0.05, 0) is 32.6 Å². The van der Waals surface area contributed by atoms with Crippen LogP contribution in [0.3, 0.4) is 0 Å². The van der Waals surface area contributed by atoms with E-state index in [9.17, 15) is 13.2 Å². The maximum atomic E-state index is 11.7. The van der Waals surface area contributed by atoms with Gasteiger partial charge in [-0.1, -0.05) is 0 Å². The highest BCUT2D eigenvalue weighted by atomic mass is 32.2. The van der Waals surface area contributed by atoms with Crippen molar-refractivity contribution in [3.05, 3.63) is 0 Å². The van der Waals surface area contributed by atoms with Gasteiger partial charge < -0.3 is 9.47 Å². The van der Waals surface area contributed by atoms with Gasteiger partial charge in [0.25, 0.3) is 0 Å². The summed E-state index contributed by atoms with van der Waals surface area (Å²) in [4.78, 5) is 13.7. The average Bonchev–Trinajstić information content (AvgIpc) is 2.82. The first kappa shape index (κ1) is 16.7. The lowest BCUT2D eigenvalue weighted by atomic mass is 10.1. The normalized spacial score (nSPS) is 24.8. The molecule has 1 aliphatic heterocycles. The highest BCUT2D eigenvalue weighted by molar-refractivity contribution is 7.91. The molecule has 2 aliphatic rings. The highest BCUT2D eigenvalue weighted by Crippen LogP contribution is 2.32. The molecule has 1 aliphatic carbocycles. The maximum absolute atomic E-state index is 11.7. The van der Waals surface area contributed by atoms with Gasteiger partial charge in [-0.2, -0.15) is 0 Å². The second-order valence-electron chi connectivity index (χ2n) is 6.18. The lowest BCUT2D eigenvalue weighted by Gasteiger charge is -2.26. The van der Waals surface area contributed by atoms with Crippen LogP contribution in [-0.4, -0.2) is 69.2 Å². The Morgan fingerprint density at radius 2 is 1.81 bits per heavy atom. The average molecular weight is 319 g/mol. The Morgan fingerprint density at radius 3 is 2.43 bits per heavy atom. The van der Waals surface area contributed by atoms with E-state index >= 15 is 0 Å². The second kappa shape index (κ2) is 7.07. The molecule has 7 heteroatoms. The summed E-state index contributed by atoms with van der Waals surface area (Å²) < 4.78 is 33.4. The summed E-state index contributed by atoms with van der Waals surface area (Å²) in [7, 11) is -2.84. The van der Waals surface area contributed by atoms with Crippen LogP contribution < -0.4 is 0 Å². The van der Waals surface area contributed by atoms with Gasteiger partial charge in [-0.25, -0.2) is 13.2 Å². The first-order valence-electron chi connectivity index (χ1n) is 7.61. The van der Waals surface area contributed by atoms with Crippen molar-refractivity contribution in [3.8, 4) is 0 Å². The summed E-state index contributed by atoms with van der Waals surface area (Å²) in [6, 6.07) is 0. The smallest absolute Gasteiger partial charge is 0.332 e. The molecule has 0 radical (unpaired) electrons. The van der Waals surface area contributed by atoms with Gasteiger partial charge in [0.1, 0.15) is 12.2 Å². The first-order valence-corrected chi connectivity index (χ1v) is 9.43. The Labute approximate surface area is 126 Å². The van der Waals surface area contributed by atoms with Crippen LogP contribution in [-0.2, 0) is 24.1 Å². The summed E-state index contributed by atoms with van der Waals surface area (Å²) >= 11 is 0. The molecule has 0 N–H and O–H groups in total. The Kier molecular flexibility index (Phi) is 5.62. The van der Waals surface area contributed by atoms with Gasteiger partial charge in [0.05, 0.1) is 18.1 Å². The molecule has 1 saturated heterocycles. The van der Waals surface area contributed by atoms with Crippen molar-refractivity contribution in [2.24, 2.45) is 0 Å². The van der Waals surface area contributed by atoms with Crippen LogP contribution in [0.4, 0.5) is 0 Å². The van der Waals surface area contributed by atoms with Crippen LogP contribution in [0.25, 0.3) is 0 Å². The zero-order valence-electron chi connectivity index (χ0n) is 12.7. The van der Waals surface area contributed by atoms with E-state index in [-0.39, 0.29) is 29.7 Å². The van der Waals surface area contributed by atoms with Gasteiger partial charge >= 0.3 is 5.97 Å². The lowest BCUT2D eigenvalue weighted by molar-refractivity contribution is -0.163. The summed E-state index contributed by atoms with van der Waals surface area (Å²) in [5.74, 6) is 0.126. The Morgan fingerprint density at radius 1 is 1.19 bits per heavy atom. The van der Waals surface area contributed by atoms with E-state index in [1.54, 1.807) is 0 Å². The monoisotopic (exact) mass is 319 g/mol.